The monoisotopic (exact) mass is 872 g/mol. The summed E-state index contributed by atoms with van der Waals surface area (Å²) in [4.78, 5) is 36.4. The van der Waals surface area contributed by atoms with E-state index in [0.29, 0.717) is 65.0 Å². The summed E-state index contributed by atoms with van der Waals surface area (Å²) >= 11 is 0. The number of halogens is 2. The Labute approximate surface area is 364 Å². The molecule has 326 valence electrons. The number of fused-ring (bicyclic) bond motifs is 2. The molecule has 0 bridgehead atoms. The summed E-state index contributed by atoms with van der Waals surface area (Å²) in [5, 5.41) is 6.01. The van der Waals surface area contributed by atoms with Crippen molar-refractivity contribution in [3.8, 4) is 17.2 Å². The van der Waals surface area contributed by atoms with Gasteiger partial charge in [-0.3, -0.25) is 18.9 Å². The molecule has 0 saturated carbocycles. The highest BCUT2D eigenvalue weighted by Gasteiger charge is 2.37. The van der Waals surface area contributed by atoms with Crippen LogP contribution in [0.3, 0.4) is 0 Å². The number of hydrogen-bond donors (Lipinski definition) is 0. The molecule has 3 aromatic carbocycles. The van der Waals surface area contributed by atoms with Gasteiger partial charge in [0.25, 0.3) is 5.91 Å². The molecule has 1 fully saturated rings. The summed E-state index contributed by atoms with van der Waals surface area (Å²) in [6.45, 7) is 11.2. The predicted octanol–water partition coefficient (Wildman–Crippen LogP) is 8.55. The van der Waals surface area contributed by atoms with E-state index in [1.807, 2.05) is 43.1 Å². The van der Waals surface area contributed by atoms with E-state index in [1.165, 1.54) is 46.1 Å². The van der Waals surface area contributed by atoms with Crippen molar-refractivity contribution in [1.29, 1.82) is 0 Å². The first-order valence-electron chi connectivity index (χ1n) is 21.4. The number of aryl methyl sites for hydroxylation is 3. The maximum absolute atomic E-state index is 15.9. The number of imidazole rings is 1. The zero-order valence-corrected chi connectivity index (χ0v) is 37.1. The number of carbonyl (C=O) groups is 1. The molecule has 63 heavy (non-hydrogen) atoms. The number of pyridine rings is 1. The van der Waals surface area contributed by atoms with E-state index in [-0.39, 0.29) is 28.1 Å². The largest absolute Gasteiger partial charge is 0.381 e. The van der Waals surface area contributed by atoms with Gasteiger partial charge >= 0.3 is 5.69 Å². The molecule has 2 atom stereocenters. The Morgan fingerprint density at radius 3 is 2.38 bits per heavy atom. The highest BCUT2D eigenvalue weighted by Crippen LogP contribution is 2.38. The average molecular weight is 873 g/mol. The van der Waals surface area contributed by atoms with Crippen molar-refractivity contribution in [2.45, 2.75) is 77.3 Å². The van der Waals surface area contributed by atoms with Crippen molar-refractivity contribution in [2.24, 2.45) is 4.36 Å². The van der Waals surface area contributed by atoms with Gasteiger partial charge in [0, 0.05) is 86.3 Å². The minimum absolute atomic E-state index is 0.0358. The van der Waals surface area contributed by atoms with Crippen LogP contribution in [0.5, 0.6) is 0 Å². The number of rotatable bonds is 9. The SMILES string of the molecule is CC[S@@](=O)(=NC)c1ccc(-n2ccn(-c3c4c(nn3-c3cc(C)c(F)c(C)c3)CCN(C(=O)c3cc5cc(C6CCOCC6)ccc5n3Cc3ccc(C)nc3)[C@H]4C)c2=O)c(F)c1. The van der Waals surface area contributed by atoms with Crippen molar-refractivity contribution < 1.29 is 22.5 Å². The van der Waals surface area contributed by atoms with Crippen LogP contribution < -0.4 is 5.69 Å². The number of benzene rings is 3. The van der Waals surface area contributed by atoms with E-state index in [0.717, 1.165) is 48.2 Å². The van der Waals surface area contributed by atoms with Crippen molar-refractivity contribution in [3.05, 3.63) is 152 Å². The van der Waals surface area contributed by atoms with Gasteiger partial charge in [-0.25, -0.2) is 26.8 Å². The number of amides is 1. The standard InChI is InChI=1S/C48H50F2N8O4S/c1-7-63(61,51-6)38-11-13-42(39(49)26-38)55-18-19-56(48(55)60)46-44-32(5)54(17-14-40(44)53-58(46)37-22-29(2)45(50)30(3)23-37)47(59)43-25-36-24-35(34-15-20-62-21-16-34)10-12-41(36)57(43)28-33-9-8-31(4)52-27-33/h8-13,18-19,22-27,32,34H,7,14-17,20-21,28H2,1-6H3/t32-,63-/m0/s1. The van der Waals surface area contributed by atoms with Crippen LogP contribution in [0.4, 0.5) is 8.78 Å². The molecule has 2 aliphatic rings. The Bertz CT molecular complexity index is 3090. The van der Waals surface area contributed by atoms with Gasteiger partial charge in [-0.2, -0.15) is 5.10 Å². The highest BCUT2D eigenvalue weighted by atomic mass is 32.2. The van der Waals surface area contributed by atoms with Gasteiger partial charge < -0.3 is 14.2 Å². The fourth-order valence-corrected chi connectivity index (χ4v) is 10.6. The molecule has 7 aromatic rings. The van der Waals surface area contributed by atoms with Gasteiger partial charge in [0.15, 0.2) is 0 Å². The first-order chi connectivity index (χ1) is 30.3. The zero-order valence-electron chi connectivity index (χ0n) is 36.3. The van der Waals surface area contributed by atoms with Crippen molar-refractivity contribution in [3.63, 3.8) is 0 Å². The van der Waals surface area contributed by atoms with E-state index in [2.05, 4.69) is 32.1 Å². The molecule has 0 spiro atoms. The van der Waals surface area contributed by atoms with E-state index >= 15 is 13.6 Å². The third-order valence-corrected chi connectivity index (χ3v) is 15.1. The van der Waals surface area contributed by atoms with Gasteiger partial charge in [-0.1, -0.05) is 19.1 Å². The maximum Gasteiger partial charge on any atom is 0.338 e. The van der Waals surface area contributed by atoms with Crippen LogP contribution >= 0.6 is 0 Å². The Kier molecular flexibility index (Phi) is 11.0. The normalized spacial score (nSPS) is 16.6. The van der Waals surface area contributed by atoms with Crippen LogP contribution in [0.2, 0.25) is 0 Å². The van der Waals surface area contributed by atoms with Crippen LogP contribution in [-0.2, 0) is 27.4 Å². The number of hydrogen-bond acceptors (Lipinski definition) is 7. The van der Waals surface area contributed by atoms with E-state index in [4.69, 9.17) is 9.84 Å². The van der Waals surface area contributed by atoms with Gasteiger partial charge in [0.1, 0.15) is 23.1 Å². The fourth-order valence-electron chi connectivity index (χ4n) is 9.24. The van der Waals surface area contributed by atoms with Crippen molar-refractivity contribution in [2.75, 3.05) is 32.6 Å². The quantitative estimate of drug-likeness (QED) is 0.143. The summed E-state index contributed by atoms with van der Waals surface area (Å²) in [6, 6.07) is 19.4. The smallest absolute Gasteiger partial charge is 0.338 e. The maximum atomic E-state index is 15.9. The molecule has 9 rings (SSSR count). The number of ether oxygens (including phenoxy) is 1. The molecule has 0 aliphatic carbocycles. The number of aromatic nitrogens is 6. The zero-order chi connectivity index (χ0) is 44.3. The Morgan fingerprint density at radius 2 is 1.70 bits per heavy atom. The van der Waals surface area contributed by atoms with Crippen LogP contribution in [0.1, 0.15) is 88.3 Å². The second-order valence-corrected chi connectivity index (χ2v) is 19.3. The molecule has 6 heterocycles. The molecule has 0 N–H and O–H groups in total. The molecule has 1 saturated heterocycles. The molecule has 12 nitrogen and oxygen atoms in total. The summed E-state index contributed by atoms with van der Waals surface area (Å²) in [5.74, 6) is -0.325. The average Bonchev–Trinajstić information content (AvgIpc) is 3.98. The third kappa shape index (κ3) is 7.40. The first kappa shape index (κ1) is 42.1. The van der Waals surface area contributed by atoms with Gasteiger partial charge in [-0.15, -0.1) is 0 Å². The molecule has 15 heteroatoms. The Hall–Kier alpha value is -6.19. The molecule has 1 amide bonds. The fraction of sp³-hybridized carbons (Fsp3) is 0.333. The van der Waals surface area contributed by atoms with Crippen LogP contribution in [0.25, 0.3) is 28.1 Å². The van der Waals surface area contributed by atoms with E-state index in [1.54, 1.807) is 43.8 Å². The lowest BCUT2D eigenvalue weighted by Gasteiger charge is -2.34. The predicted molar refractivity (Wildman–Crippen MR) is 239 cm³/mol. The molecule has 4 aromatic heterocycles. The van der Waals surface area contributed by atoms with Crippen LogP contribution in [0, 0.1) is 32.4 Å². The van der Waals surface area contributed by atoms with E-state index in [9.17, 15) is 9.00 Å². The Morgan fingerprint density at radius 1 is 0.952 bits per heavy atom. The van der Waals surface area contributed by atoms with Crippen molar-refractivity contribution >= 4 is 26.5 Å². The summed E-state index contributed by atoms with van der Waals surface area (Å²) < 4.78 is 60.2. The van der Waals surface area contributed by atoms with Crippen LogP contribution in [-0.4, -0.2) is 76.0 Å². The number of carbonyl (C=O) groups excluding carboxylic acids is 1. The third-order valence-electron chi connectivity index (χ3n) is 12.8. The topological polar surface area (TPSA) is 122 Å². The van der Waals surface area contributed by atoms with Gasteiger partial charge in [-0.05, 0) is 123 Å². The lowest BCUT2D eigenvalue weighted by molar-refractivity contribution is 0.0667. The minimum atomic E-state index is -2.82. The summed E-state index contributed by atoms with van der Waals surface area (Å²) in [7, 11) is -1.38. The first-order valence-corrected chi connectivity index (χ1v) is 23.0. The second-order valence-electron chi connectivity index (χ2n) is 16.6. The van der Waals surface area contributed by atoms with Crippen LogP contribution in [0.15, 0.2) is 99.4 Å². The summed E-state index contributed by atoms with van der Waals surface area (Å²) in [5.41, 5.74) is 6.57. The molecule has 0 radical (unpaired) electrons. The van der Waals surface area contributed by atoms with Gasteiger partial charge in [0.2, 0.25) is 0 Å². The summed E-state index contributed by atoms with van der Waals surface area (Å²) in [6.07, 6.45) is 7.12. The molecule has 0 unspecified atom stereocenters. The second kappa shape index (κ2) is 16.5. The van der Waals surface area contributed by atoms with Crippen molar-refractivity contribution in [1.82, 2.24) is 33.4 Å². The van der Waals surface area contributed by atoms with E-state index < -0.39 is 27.3 Å². The molecule has 2 aliphatic heterocycles. The number of nitrogens with zero attached hydrogens (tertiary/aromatic N) is 8. The van der Waals surface area contributed by atoms with Gasteiger partial charge in [0.05, 0.1) is 37.7 Å². The lowest BCUT2D eigenvalue weighted by Crippen LogP contribution is -2.40. The minimum Gasteiger partial charge on any atom is -0.381 e. The Balaban J connectivity index is 1.16. The highest BCUT2D eigenvalue weighted by molar-refractivity contribution is 7.93. The molecular weight excluding hydrogens is 823 g/mol. The molecular formula is C48H50F2N8O4S. The lowest BCUT2D eigenvalue weighted by atomic mass is 9.91.